The van der Waals surface area contributed by atoms with Crippen molar-refractivity contribution in [3.63, 3.8) is 0 Å². The second-order valence-electron chi connectivity index (χ2n) is 6.89. The number of nitrogens with one attached hydrogen (secondary N) is 1. The standard InChI is InChI=1S/C22H22N6O/c1-16(20-13-25-28(17(20)2)21-10-6-7-11-23-21)26-22(29)19-12-24-27(15-19)14-18-8-4-3-5-9-18/h3-13,15-16H,14H2,1-2H3,(H,26,29)/t16-/m0/s1. The van der Waals surface area contributed by atoms with Gasteiger partial charge in [0.2, 0.25) is 0 Å². The van der Waals surface area contributed by atoms with Crippen LogP contribution in [-0.2, 0) is 6.54 Å². The molecule has 0 aliphatic heterocycles. The Balaban J connectivity index is 1.45. The van der Waals surface area contributed by atoms with Crippen molar-refractivity contribution in [3.8, 4) is 5.82 Å². The summed E-state index contributed by atoms with van der Waals surface area (Å²) in [7, 11) is 0. The Kier molecular flexibility index (Phi) is 5.20. The summed E-state index contributed by atoms with van der Waals surface area (Å²) < 4.78 is 3.54. The maximum atomic E-state index is 12.7. The molecule has 1 atom stereocenters. The quantitative estimate of drug-likeness (QED) is 0.551. The number of hydrogen-bond acceptors (Lipinski definition) is 4. The van der Waals surface area contributed by atoms with E-state index >= 15 is 0 Å². The molecule has 7 heteroatoms. The number of rotatable bonds is 6. The van der Waals surface area contributed by atoms with Crippen LogP contribution in [0.4, 0.5) is 0 Å². The summed E-state index contributed by atoms with van der Waals surface area (Å²) in [6.07, 6.45) is 6.86. The van der Waals surface area contributed by atoms with E-state index in [2.05, 4.69) is 20.5 Å². The van der Waals surface area contributed by atoms with E-state index in [1.165, 1.54) is 0 Å². The van der Waals surface area contributed by atoms with Crippen molar-refractivity contribution in [2.45, 2.75) is 26.4 Å². The second kappa shape index (κ2) is 8.10. The first-order chi connectivity index (χ1) is 14.1. The Hall–Kier alpha value is -3.74. The van der Waals surface area contributed by atoms with Crippen molar-refractivity contribution in [3.05, 3.63) is 95.7 Å². The Morgan fingerprint density at radius 3 is 2.62 bits per heavy atom. The first kappa shape index (κ1) is 18.6. The summed E-state index contributed by atoms with van der Waals surface area (Å²) >= 11 is 0. The minimum absolute atomic E-state index is 0.165. The highest BCUT2D eigenvalue weighted by molar-refractivity contribution is 5.93. The molecule has 7 nitrogen and oxygen atoms in total. The third-order valence-corrected chi connectivity index (χ3v) is 4.81. The summed E-state index contributed by atoms with van der Waals surface area (Å²) in [5.74, 6) is 0.582. The molecule has 0 radical (unpaired) electrons. The lowest BCUT2D eigenvalue weighted by Crippen LogP contribution is -2.26. The fourth-order valence-corrected chi connectivity index (χ4v) is 3.25. The van der Waals surface area contributed by atoms with Crippen molar-refractivity contribution >= 4 is 5.91 Å². The van der Waals surface area contributed by atoms with E-state index in [4.69, 9.17) is 0 Å². The van der Waals surface area contributed by atoms with Crippen LogP contribution in [0.25, 0.3) is 5.82 Å². The number of aromatic nitrogens is 5. The van der Waals surface area contributed by atoms with E-state index in [-0.39, 0.29) is 11.9 Å². The van der Waals surface area contributed by atoms with Crippen LogP contribution in [0.2, 0.25) is 0 Å². The normalized spacial score (nSPS) is 11.9. The summed E-state index contributed by atoms with van der Waals surface area (Å²) in [6.45, 7) is 4.54. The molecule has 29 heavy (non-hydrogen) atoms. The highest BCUT2D eigenvalue weighted by Crippen LogP contribution is 2.19. The van der Waals surface area contributed by atoms with Crippen LogP contribution < -0.4 is 5.32 Å². The van der Waals surface area contributed by atoms with Crippen LogP contribution in [0.15, 0.2) is 73.3 Å². The van der Waals surface area contributed by atoms with Crippen LogP contribution in [0.3, 0.4) is 0 Å². The zero-order valence-electron chi connectivity index (χ0n) is 16.4. The van der Waals surface area contributed by atoms with Crippen molar-refractivity contribution in [2.24, 2.45) is 0 Å². The summed E-state index contributed by atoms with van der Waals surface area (Å²) in [6, 6.07) is 15.5. The lowest BCUT2D eigenvalue weighted by atomic mass is 10.1. The monoisotopic (exact) mass is 386 g/mol. The molecule has 0 spiro atoms. The van der Waals surface area contributed by atoms with Crippen LogP contribution >= 0.6 is 0 Å². The average Bonchev–Trinajstić information content (AvgIpc) is 3.36. The van der Waals surface area contributed by atoms with E-state index in [1.54, 1.807) is 34.2 Å². The molecule has 4 aromatic rings. The van der Waals surface area contributed by atoms with E-state index in [0.717, 1.165) is 22.6 Å². The van der Waals surface area contributed by atoms with E-state index in [1.807, 2.05) is 62.4 Å². The Morgan fingerprint density at radius 1 is 1.07 bits per heavy atom. The first-order valence-corrected chi connectivity index (χ1v) is 9.45. The molecule has 0 unspecified atom stereocenters. The number of carbonyl (C=O) groups is 1. The van der Waals surface area contributed by atoms with Gasteiger partial charge in [0.25, 0.3) is 5.91 Å². The van der Waals surface area contributed by atoms with Crippen molar-refractivity contribution in [2.75, 3.05) is 0 Å². The van der Waals surface area contributed by atoms with Gasteiger partial charge in [0.15, 0.2) is 5.82 Å². The predicted octanol–water partition coefficient (Wildman–Crippen LogP) is 3.31. The lowest BCUT2D eigenvalue weighted by molar-refractivity contribution is 0.0939. The fraction of sp³-hybridized carbons (Fsp3) is 0.182. The SMILES string of the molecule is Cc1c([C@H](C)NC(=O)c2cnn(Cc3ccccc3)c2)cnn1-c1ccccn1. The highest BCUT2D eigenvalue weighted by atomic mass is 16.1. The Labute approximate surface area is 169 Å². The minimum atomic E-state index is -0.197. The maximum absolute atomic E-state index is 12.7. The highest BCUT2D eigenvalue weighted by Gasteiger charge is 2.18. The van der Waals surface area contributed by atoms with Gasteiger partial charge in [0, 0.05) is 23.7 Å². The molecule has 1 N–H and O–H groups in total. The molecule has 3 heterocycles. The number of amides is 1. The number of benzene rings is 1. The van der Waals surface area contributed by atoms with Gasteiger partial charge in [-0.15, -0.1) is 0 Å². The Morgan fingerprint density at radius 2 is 1.86 bits per heavy atom. The van der Waals surface area contributed by atoms with Crippen LogP contribution in [-0.4, -0.2) is 30.5 Å². The molecule has 0 saturated carbocycles. The van der Waals surface area contributed by atoms with Gasteiger partial charge in [0.1, 0.15) is 0 Å². The summed E-state index contributed by atoms with van der Waals surface area (Å²) in [5, 5.41) is 11.8. The van der Waals surface area contributed by atoms with Crippen LogP contribution in [0.1, 0.15) is 40.1 Å². The van der Waals surface area contributed by atoms with Gasteiger partial charge in [-0.25, -0.2) is 9.67 Å². The largest absolute Gasteiger partial charge is 0.345 e. The first-order valence-electron chi connectivity index (χ1n) is 9.45. The molecular formula is C22H22N6O. The molecule has 1 amide bonds. The zero-order chi connectivity index (χ0) is 20.2. The number of hydrogen-bond donors (Lipinski definition) is 1. The molecule has 0 aliphatic rings. The van der Waals surface area contributed by atoms with E-state index in [0.29, 0.717) is 12.1 Å². The molecule has 0 aliphatic carbocycles. The fourth-order valence-electron chi connectivity index (χ4n) is 3.25. The van der Waals surface area contributed by atoms with Gasteiger partial charge in [0.05, 0.1) is 30.5 Å². The minimum Gasteiger partial charge on any atom is -0.345 e. The van der Waals surface area contributed by atoms with Crippen molar-refractivity contribution < 1.29 is 4.79 Å². The molecule has 0 saturated heterocycles. The zero-order valence-corrected chi connectivity index (χ0v) is 16.4. The van der Waals surface area contributed by atoms with E-state index < -0.39 is 0 Å². The molecule has 4 rings (SSSR count). The number of nitrogens with zero attached hydrogens (tertiary/aromatic N) is 5. The molecule has 1 aromatic carbocycles. The number of pyridine rings is 1. The van der Waals surface area contributed by atoms with Gasteiger partial charge < -0.3 is 5.32 Å². The van der Waals surface area contributed by atoms with Gasteiger partial charge >= 0.3 is 0 Å². The third kappa shape index (κ3) is 4.08. The summed E-state index contributed by atoms with van der Waals surface area (Å²) in [5.41, 5.74) is 3.55. The maximum Gasteiger partial charge on any atom is 0.254 e. The summed E-state index contributed by atoms with van der Waals surface area (Å²) in [4.78, 5) is 17.0. The molecule has 0 bridgehead atoms. The van der Waals surface area contributed by atoms with Gasteiger partial charge in [-0.1, -0.05) is 36.4 Å². The van der Waals surface area contributed by atoms with E-state index in [9.17, 15) is 4.79 Å². The lowest BCUT2D eigenvalue weighted by Gasteiger charge is -2.13. The van der Waals surface area contributed by atoms with Crippen LogP contribution in [0, 0.1) is 6.92 Å². The molecular weight excluding hydrogens is 364 g/mol. The molecule has 146 valence electrons. The van der Waals surface area contributed by atoms with Crippen molar-refractivity contribution in [1.29, 1.82) is 0 Å². The average molecular weight is 386 g/mol. The smallest absolute Gasteiger partial charge is 0.254 e. The number of carbonyl (C=O) groups excluding carboxylic acids is 1. The topological polar surface area (TPSA) is 77.6 Å². The second-order valence-corrected chi connectivity index (χ2v) is 6.89. The third-order valence-electron chi connectivity index (χ3n) is 4.81. The van der Waals surface area contributed by atoms with Gasteiger partial charge in [-0.2, -0.15) is 10.2 Å². The van der Waals surface area contributed by atoms with Gasteiger partial charge in [-0.3, -0.25) is 9.48 Å². The predicted molar refractivity (Wildman–Crippen MR) is 110 cm³/mol. The Bertz CT molecular complexity index is 1100. The van der Waals surface area contributed by atoms with Crippen LogP contribution in [0.5, 0.6) is 0 Å². The molecule has 3 aromatic heterocycles. The van der Waals surface area contributed by atoms with Crippen molar-refractivity contribution in [1.82, 2.24) is 29.9 Å². The molecule has 0 fully saturated rings. The van der Waals surface area contributed by atoms with Gasteiger partial charge in [-0.05, 0) is 31.5 Å².